The van der Waals surface area contributed by atoms with Crippen molar-refractivity contribution in [1.82, 2.24) is 10.6 Å². The molecule has 1 fully saturated rings. The molecule has 37 heavy (non-hydrogen) atoms. The van der Waals surface area contributed by atoms with Gasteiger partial charge in [-0.1, -0.05) is 63.1 Å². The third-order valence-corrected chi connectivity index (χ3v) is 7.67. The summed E-state index contributed by atoms with van der Waals surface area (Å²) in [6.45, 7) is 5.31. The molecule has 1 heterocycles. The van der Waals surface area contributed by atoms with Gasteiger partial charge in [-0.2, -0.15) is 0 Å². The number of hydrogen-bond donors (Lipinski definition) is 2. The van der Waals surface area contributed by atoms with E-state index >= 15 is 0 Å². The Morgan fingerprint density at radius 3 is 2.43 bits per heavy atom. The van der Waals surface area contributed by atoms with E-state index < -0.39 is 6.04 Å². The molecule has 1 aliphatic carbocycles. The fourth-order valence-corrected chi connectivity index (χ4v) is 5.71. The first-order chi connectivity index (χ1) is 17.9. The Bertz CT molecular complexity index is 1070. The van der Waals surface area contributed by atoms with Crippen molar-refractivity contribution < 1.29 is 14.4 Å². The molecule has 0 saturated heterocycles. The molecule has 2 amide bonds. The Morgan fingerprint density at radius 2 is 1.65 bits per heavy atom. The molecule has 3 atom stereocenters. The summed E-state index contributed by atoms with van der Waals surface area (Å²) in [5, 5.41) is 6.22. The third kappa shape index (κ3) is 7.21. The maximum absolute atomic E-state index is 13.6. The molecule has 2 aliphatic rings. The number of nitrogens with zero attached hydrogens (tertiary/aromatic N) is 1. The number of anilines is 1. The third-order valence-electron chi connectivity index (χ3n) is 7.67. The minimum atomic E-state index is -0.532. The smallest absolute Gasteiger partial charge is 0.251 e. The summed E-state index contributed by atoms with van der Waals surface area (Å²) in [6, 6.07) is 16.7. The SMILES string of the molecule is CC(C)C[C@H](NC(=O)C1CCCCC1NC(=O)c1ccccc1)C(=O)CN1CCCCc2ccccc21. The topological polar surface area (TPSA) is 78.5 Å². The van der Waals surface area contributed by atoms with Crippen molar-refractivity contribution >= 4 is 23.3 Å². The molecule has 1 saturated carbocycles. The first-order valence-corrected chi connectivity index (χ1v) is 13.9. The highest BCUT2D eigenvalue weighted by atomic mass is 16.2. The Balaban J connectivity index is 1.44. The number of nitrogens with one attached hydrogen (secondary N) is 2. The van der Waals surface area contributed by atoms with Crippen molar-refractivity contribution in [3.63, 3.8) is 0 Å². The largest absolute Gasteiger partial charge is 0.364 e. The average Bonchev–Trinajstić information content (AvgIpc) is 3.11. The van der Waals surface area contributed by atoms with E-state index in [0.717, 1.165) is 50.8 Å². The molecule has 0 bridgehead atoms. The number of hydrogen-bond acceptors (Lipinski definition) is 4. The first kappa shape index (κ1) is 26.9. The minimum absolute atomic E-state index is 0.0550. The summed E-state index contributed by atoms with van der Waals surface area (Å²) in [7, 11) is 0. The number of para-hydroxylation sites is 1. The summed E-state index contributed by atoms with van der Waals surface area (Å²) < 4.78 is 0. The number of rotatable bonds is 9. The van der Waals surface area contributed by atoms with Crippen LogP contribution in [0.5, 0.6) is 0 Å². The van der Waals surface area contributed by atoms with Crippen molar-refractivity contribution in [2.24, 2.45) is 11.8 Å². The minimum Gasteiger partial charge on any atom is -0.364 e. The van der Waals surface area contributed by atoms with Crippen molar-refractivity contribution in [2.75, 3.05) is 18.0 Å². The molecule has 2 aromatic rings. The van der Waals surface area contributed by atoms with Gasteiger partial charge in [0.1, 0.15) is 0 Å². The lowest BCUT2D eigenvalue weighted by molar-refractivity contribution is -0.131. The maximum Gasteiger partial charge on any atom is 0.251 e. The van der Waals surface area contributed by atoms with Crippen LogP contribution in [-0.2, 0) is 16.0 Å². The quantitative estimate of drug-likeness (QED) is 0.509. The molecule has 2 unspecified atom stereocenters. The zero-order valence-corrected chi connectivity index (χ0v) is 22.2. The van der Waals surface area contributed by atoms with Crippen LogP contribution in [0.4, 0.5) is 5.69 Å². The van der Waals surface area contributed by atoms with Gasteiger partial charge in [0.2, 0.25) is 5.91 Å². The Kier molecular flexibility index (Phi) is 9.37. The molecule has 0 spiro atoms. The van der Waals surface area contributed by atoms with Gasteiger partial charge in [-0.15, -0.1) is 0 Å². The Morgan fingerprint density at radius 1 is 0.919 bits per heavy atom. The summed E-state index contributed by atoms with van der Waals surface area (Å²) in [5.41, 5.74) is 3.02. The average molecular weight is 504 g/mol. The summed E-state index contributed by atoms with van der Waals surface area (Å²) in [6.07, 6.45) is 7.21. The van der Waals surface area contributed by atoms with Crippen molar-refractivity contribution in [3.8, 4) is 0 Å². The highest BCUT2D eigenvalue weighted by Gasteiger charge is 2.35. The van der Waals surface area contributed by atoms with Gasteiger partial charge < -0.3 is 15.5 Å². The fourth-order valence-electron chi connectivity index (χ4n) is 5.71. The zero-order valence-electron chi connectivity index (χ0n) is 22.2. The maximum atomic E-state index is 13.6. The Labute approximate surface area is 221 Å². The molecule has 198 valence electrons. The lowest BCUT2D eigenvalue weighted by Crippen LogP contribution is -2.53. The highest BCUT2D eigenvalue weighted by molar-refractivity contribution is 5.95. The van der Waals surface area contributed by atoms with Crippen LogP contribution in [0.25, 0.3) is 0 Å². The molecule has 1 aliphatic heterocycles. The molecule has 4 rings (SSSR count). The standard InChI is InChI=1S/C31H41N3O3/c1-22(2)20-27(29(35)21-34-19-11-10-13-23-12-6-9-18-28(23)34)33-31(37)25-16-7-8-17-26(25)32-30(36)24-14-4-3-5-15-24/h3-6,9,12,14-15,18,22,25-27H,7-8,10-11,13,16-17,19-21H2,1-2H3,(H,32,36)(H,33,37)/t25?,26?,27-/m0/s1. The van der Waals surface area contributed by atoms with Crippen molar-refractivity contribution in [1.29, 1.82) is 0 Å². The van der Waals surface area contributed by atoms with Gasteiger partial charge in [-0.3, -0.25) is 14.4 Å². The van der Waals surface area contributed by atoms with Crippen LogP contribution in [0, 0.1) is 11.8 Å². The van der Waals surface area contributed by atoms with E-state index in [0.29, 0.717) is 24.9 Å². The number of fused-ring (bicyclic) bond motifs is 1. The molecule has 0 aromatic heterocycles. The second-order valence-corrected chi connectivity index (χ2v) is 11.0. The molecule has 2 aromatic carbocycles. The van der Waals surface area contributed by atoms with Crippen LogP contribution >= 0.6 is 0 Å². The number of benzene rings is 2. The van der Waals surface area contributed by atoms with E-state index in [4.69, 9.17) is 0 Å². The van der Waals surface area contributed by atoms with Crippen molar-refractivity contribution in [3.05, 3.63) is 65.7 Å². The molecule has 6 nitrogen and oxygen atoms in total. The van der Waals surface area contributed by atoms with Crippen molar-refractivity contribution in [2.45, 2.75) is 77.3 Å². The normalized spacial score (nSPS) is 20.5. The first-order valence-electron chi connectivity index (χ1n) is 13.9. The van der Waals surface area contributed by atoms with Gasteiger partial charge >= 0.3 is 0 Å². The lowest BCUT2D eigenvalue weighted by atomic mass is 9.83. The molecule has 0 radical (unpaired) electrons. The highest BCUT2D eigenvalue weighted by Crippen LogP contribution is 2.27. The molecular weight excluding hydrogens is 462 g/mol. The second-order valence-electron chi connectivity index (χ2n) is 11.0. The molecule has 2 N–H and O–H groups in total. The van der Waals surface area contributed by atoms with E-state index in [1.807, 2.05) is 24.3 Å². The molecular formula is C31H41N3O3. The van der Waals surface area contributed by atoms with Gasteiger partial charge in [0.25, 0.3) is 5.91 Å². The Hall–Kier alpha value is -3.15. The lowest BCUT2D eigenvalue weighted by Gasteiger charge is -2.33. The number of Topliss-reactive ketones (excluding diaryl/α,β-unsaturated/α-hetero) is 1. The van der Waals surface area contributed by atoms with Gasteiger partial charge in [0, 0.05) is 23.8 Å². The van der Waals surface area contributed by atoms with Crippen LogP contribution < -0.4 is 15.5 Å². The monoisotopic (exact) mass is 503 g/mol. The number of carbonyl (C=O) groups is 3. The predicted octanol–water partition coefficient (Wildman–Crippen LogP) is 4.92. The van der Waals surface area contributed by atoms with Crippen LogP contribution in [-0.4, -0.2) is 42.8 Å². The van der Waals surface area contributed by atoms with Crippen LogP contribution in [0.2, 0.25) is 0 Å². The van der Waals surface area contributed by atoms with Gasteiger partial charge in [0.05, 0.1) is 18.5 Å². The number of ketones is 1. The van der Waals surface area contributed by atoms with E-state index in [-0.39, 0.29) is 35.5 Å². The summed E-state index contributed by atoms with van der Waals surface area (Å²) in [4.78, 5) is 42.1. The predicted molar refractivity (Wildman–Crippen MR) is 148 cm³/mol. The number of carbonyl (C=O) groups excluding carboxylic acids is 3. The van der Waals surface area contributed by atoms with E-state index in [1.165, 1.54) is 5.56 Å². The molecule has 6 heteroatoms. The number of amides is 2. The van der Waals surface area contributed by atoms with E-state index in [2.05, 4.69) is 47.6 Å². The van der Waals surface area contributed by atoms with Crippen LogP contribution in [0.1, 0.15) is 74.7 Å². The van der Waals surface area contributed by atoms with Gasteiger partial charge in [0.15, 0.2) is 5.78 Å². The van der Waals surface area contributed by atoms with Crippen LogP contribution in [0.15, 0.2) is 54.6 Å². The van der Waals surface area contributed by atoms with Crippen LogP contribution in [0.3, 0.4) is 0 Å². The second kappa shape index (κ2) is 12.9. The van der Waals surface area contributed by atoms with E-state index in [1.54, 1.807) is 12.1 Å². The fraction of sp³-hybridized carbons (Fsp3) is 0.516. The zero-order chi connectivity index (χ0) is 26.2. The van der Waals surface area contributed by atoms with Gasteiger partial charge in [-0.25, -0.2) is 0 Å². The summed E-state index contributed by atoms with van der Waals surface area (Å²) >= 11 is 0. The van der Waals surface area contributed by atoms with Gasteiger partial charge in [-0.05, 0) is 68.2 Å². The number of aryl methyl sites for hydroxylation is 1. The van der Waals surface area contributed by atoms with E-state index in [9.17, 15) is 14.4 Å². The summed E-state index contributed by atoms with van der Waals surface area (Å²) in [5.74, 6) is -0.277.